The molecule has 0 radical (unpaired) electrons. The number of aryl methyl sites for hydroxylation is 1. The topological polar surface area (TPSA) is 33.2 Å². The Balaban J connectivity index is 2.24. The summed E-state index contributed by atoms with van der Waals surface area (Å²) in [7, 11) is 0. The van der Waals surface area contributed by atoms with Crippen molar-refractivity contribution in [3.05, 3.63) is 10.6 Å². The highest BCUT2D eigenvalue weighted by molar-refractivity contribution is 7.17. The third kappa shape index (κ3) is 2.51. The summed E-state index contributed by atoms with van der Waals surface area (Å²) >= 11 is 1.55. The molecule has 0 saturated heterocycles. The molecule has 1 saturated carbocycles. The lowest BCUT2D eigenvalue weighted by Gasteiger charge is -2.26. The smallest absolute Gasteiger partial charge is 0.186 e. The van der Waals surface area contributed by atoms with Gasteiger partial charge in [0.1, 0.15) is 0 Å². The molecule has 1 aliphatic carbocycles. The Bertz CT molecular complexity index is 408. The van der Waals surface area contributed by atoms with Gasteiger partial charge in [-0.25, -0.2) is 4.98 Å². The summed E-state index contributed by atoms with van der Waals surface area (Å²) in [6.07, 6.45) is 5.18. The summed E-state index contributed by atoms with van der Waals surface area (Å²) in [6, 6.07) is 0.630. The van der Waals surface area contributed by atoms with E-state index in [1.54, 1.807) is 18.3 Å². The summed E-state index contributed by atoms with van der Waals surface area (Å²) in [6.45, 7) is 6.70. The molecule has 0 N–H and O–H groups in total. The average molecular weight is 252 g/mol. The molecule has 1 aromatic heterocycles. The van der Waals surface area contributed by atoms with Gasteiger partial charge in [0, 0.05) is 19.5 Å². The van der Waals surface area contributed by atoms with E-state index in [0.717, 1.165) is 22.2 Å². The molecular weight excluding hydrogens is 232 g/mol. The van der Waals surface area contributed by atoms with Crippen LogP contribution in [0.3, 0.4) is 0 Å². The van der Waals surface area contributed by atoms with Gasteiger partial charge in [-0.1, -0.05) is 24.2 Å². The molecule has 1 heterocycles. The number of hydrogen-bond acceptors (Lipinski definition) is 4. The molecule has 17 heavy (non-hydrogen) atoms. The van der Waals surface area contributed by atoms with E-state index < -0.39 is 0 Å². The SMILES string of the molecule is CCN(c1nc(C)c(C(C)=O)s1)C1CCCC1. The van der Waals surface area contributed by atoms with Crippen molar-refractivity contribution >= 4 is 22.3 Å². The molecular formula is C13H20N2OS. The van der Waals surface area contributed by atoms with Crippen LogP contribution in [0.1, 0.15) is 54.9 Å². The number of rotatable bonds is 4. The summed E-state index contributed by atoms with van der Waals surface area (Å²) in [5.74, 6) is 0.133. The Hall–Kier alpha value is -0.900. The van der Waals surface area contributed by atoms with Crippen molar-refractivity contribution in [2.45, 2.75) is 52.5 Å². The number of ketones is 1. The maximum Gasteiger partial charge on any atom is 0.186 e. The summed E-state index contributed by atoms with van der Waals surface area (Å²) in [4.78, 5) is 19.2. The van der Waals surface area contributed by atoms with E-state index in [1.807, 2.05) is 6.92 Å². The average Bonchev–Trinajstić information content (AvgIpc) is 2.89. The summed E-state index contributed by atoms with van der Waals surface area (Å²) < 4.78 is 0. The minimum Gasteiger partial charge on any atom is -0.345 e. The van der Waals surface area contributed by atoms with E-state index in [4.69, 9.17) is 0 Å². The standard InChI is InChI=1S/C13H20N2OS/c1-4-15(11-7-5-6-8-11)13-14-9(2)12(17-13)10(3)16/h11H,4-8H2,1-3H3. The van der Waals surface area contributed by atoms with E-state index in [9.17, 15) is 4.79 Å². The van der Waals surface area contributed by atoms with Crippen molar-refractivity contribution in [2.75, 3.05) is 11.4 Å². The van der Waals surface area contributed by atoms with Crippen molar-refractivity contribution < 1.29 is 4.79 Å². The molecule has 0 unspecified atom stereocenters. The molecule has 0 aromatic carbocycles. The number of thiazole rings is 1. The normalized spacial score (nSPS) is 16.4. The van der Waals surface area contributed by atoms with E-state index >= 15 is 0 Å². The Morgan fingerprint density at radius 3 is 2.59 bits per heavy atom. The predicted molar refractivity (Wildman–Crippen MR) is 72.1 cm³/mol. The third-order valence-electron chi connectivity index (χ3n) is 3.46. The lowest BCUT2D eigenvalue weighted by atomic mass is 10.2. The molecule has 0 bridgehead atoms. The Morgan fingerprint density at radius 2 is 2.12 bits per heavy atom. The van der Waals surface area contributed by atoms with Crippen LogP contribution in [0.5, 0.6) is 0 Å². The maximum absolute atomic E-state index is 11.5. The van der Waals surface area contributed by atoms with Gasteiger partial charge in [-0.3, -0.25) is 4.79 Å². The Kier molecular flexibility index (Phi) is 3.82. The van der Waals surface area contributed by atoms with Gasteiger partial charge in [-0.2, -0.15) is 0 Å². The van der Waals surface area contributed by atoms with Gasteiger partial charge >= 0.3 is 0 Å². The van der Waals surface area contributed by atoms with Crippen LogP contribution in [-0.4, -0.2) is 23.4 Å². The highest BCUT2D eigenvalue weighted by Crippen LogP contribution is 2.32. The van der Waals surface area contributed by atoms with Gasteiger partial charge in [0.15, 0.2) is 10.9 Å². The molecule has 94 valence electrons. The number of nitrogens with zero attached hydrogens (tertiary/aromatic N) is 2. The molecule has 2 rings (SSSR count). The first-order chi connectivity index (χ1) is 8.13. The van der Waals surface area contributed by atoms with Gasteiger partial charge in [0.25, 0.3) is 0 Å². The zero-order valence-electron chi connectivity index (χ0n) is 10.8. The van der Waals surface area contributed by atoms with Crippen LogP contribution in [0.15, 0.2) is 0 Å². The van der Waals surface area contributed by atoms with Crippen LogP contribution in [0, 0.1) is 6.92 Å². The molecule has 1 fully saturated rings. The van der Waals surface area contributed by atoms with Crippen LogP contribution >= 0.6 is 11.3 Å². The van der Waals surface area contributed by atoms with E-state index in [-0.39, 0.29) is 5.78 Å². The number of hydrogen-bond donors (Lipinski definition) is 0. The zero-order chi connectivity index (χ0) is 12.4. The first-order valence-electron chi connectivity index (χ1n) is 6.38. The van der Waals surface area contributed by atoms with Gasteiger partial charge in [0.05, 0.1) is 10.6 Å². The Morgan fingerprint density at radius 1 is 1.47 bits per heavy atom. The highest BCUT2D eigenvalue weighted by atomic mass is 32.1. The second-order valence-corrected chi connectivity index (χ2v) is 5.67. The molecule has 0 atom stereocenters. The number of carbonyl (C=O) groups is 1. The molecule has 0 aliphatic heterocycles. The molecule has 1 aliphatic rings. The van der Waals surface area contributed by atoms with Crippen LogP contribution in [0.2, 0.25) is 0 Å². The minimum absolute atomic E-state index is 0.133. The molecule has 1 aromatic rings. The van der Waals surface area contributed by atoms with E-state index in [2.05, 4.69) is 16.8 Å². The second-order valence-electron chi connectivity index (χ2n) is 4.69. The fourth-order valence-corrected chi connectivity index (χ4v) is 3.69. The van der Waals surface area contributed by atoms with Crippen molar-refractivity contribution in [1.29, 1.82) is 0 Å². The first-order valence-corrected chi connectivity index (χ1v) is 7.20. The van der Waals surface area contributed by atoms with Gasteiger partial charge < -0.3 is 4.90 Å². The quantitative estimate of drug-likeness (QED) is 0.770. The number of carbonyl (C=O) groups excluding carboxylic acids is 1. The highest BCUT2D eigenvalue weighted by Gasteiger charge is 2.25. The summed E-state index contributed by atoms with van der Waals surface area (Å²) in [5, 5.41) is 1.03. The molecule has 0 amide bonds. The monoisotopic (exact) mass is 252 g/mol. The van der Waals surface area contributed by atoms with Crippen molar-refractivity contribution in [2.24, 2.45) is 0 Å². The van der Waals surface area contributed by atoms with Gasteiger partial charge in [-0.05, 0) is 26.7 Å². The van der Waals surface area contributed by atoms with Crippen molar-refractivity contribution in [1.82, 2.24) is 4.98 Å². The van der Waals surface area contributed by atoms with Crippen LogP contribution in [0.4, 0.5) is 5.13 Å². The summed E-state index contributed by atoms with van der Waals surface area (Å²) in [5.41, 5.74) is 0.883. The number of Topliss-reactive ketones (excluding diaryl/α,β-unsaturated/α-hetero) is 1. The fraction of sp³-hybridized carbons (Fsp3) is 0.692. The second kappa shape index (κ2) is 5.17. The van der Waals surface area contributed by atoms with Crippen LogP contribution < -0.4 is 4.90 Å². The zero-order valence-corrected chi connectivity index (χ0v) is 11.6. The van der Waals surface area contributed by atoms with Gasteiger partial charge in [-0.15, -0.1) is 0 Å². The van der Waals surface area contributed by atoms with Gasteiger partial charge in [0.2, 0.25) is 0 Å². The lowest BCUT2D eigenvalue weighted by molar-refractivity contribution is 0.102. The van der Waals surface area contributed by atoms with Crippen LogP contribution in [0.25, 0.3) is 0 Å². The van der Waals surface area contributed by atoms with Crippen molar-refractivity contribution in [3.63, 3.8) is 0 Å². The number of anilines is 1. The van der Waals surface area contributed by atoms with E-state index in [0.29, 0.717) is 6.04 Å². The largest absolute Gasteiger partial charge is 0.345 e. The third-order valence-corrected chi connectivity index (χ3v) is 4.75. The van der Waals surface area contributed by atoms with E-state index in [1.165, 1.54) is 25.7 Å². The van der Waals surface area contributed by atoms with Crippen LogP contribution in [-0.2, 0) is 0 Å². The molecule has 3 nitrogen and oxygen atoms in total. The molecule has 0 spiro atoms. The minimum atomic E-state index is 0.133. The first kappa shape index (κ1) is 12.6. The Labute approximate surface area is 107 Å². The predicted octanol–water partition coefficient (Wildman–Crippen LogP) is 3.42. The van der Waals surface area contributed by atoms with Crippen molar-refractivity contribution in [3.8, 4) is 0 Å². The number of aromatic nitrogens is 1. The molecule has 4 heteroatoms. The maximum atomic E-state index is 11.5. The lowest BCUT2D eigenvalue weighted by Crippen LogP contribution is -2.32. The fourth-order valence-electron chi connectivity index (χ4n) is 2.60.